The van der Waals surface area contributed by atoms with Crippen LogP contribution in [0.5, 0.6) is 0 Å². The Bertz CT molecular complexity index is 2090. The molecule has 0 aliphatic carbocycles. The molecule has 6 aromatic rings. The van der Waals surface area contributed by atoms with Crippen LogP contribution >= 0.6 is 68.0 Å². The Kier molecular flexibility index (Phi) is 22.1. The molecule has 4 nitrogen and oxygen atoms in total. The minimum atomic E-state index is 1.07. The molecule has 0 spiro atoms. The molecular formula is C60H94N4S6+4. The van der Waals surface area contributed by atoms with Gasteiger partial charge in [0.2, 0.25) is 0 Å². The topological polar surface area (TPSA) is 0 Å². The summed E-state index contributed by atoms with van der Waals surface area (Å²) in [6.45, 7) is 5.05. The van der Waals surface area contributed by atoms with E-state index in [4.69, 9.17) is 0 Å². The van der Waals surface area contributed by atoms with E-state index < -0.39 is 0 Å². The molecule has 0 aliphatic rings. The third kappa shape index (κ3) is 20.0. The molecule has 0 atom stereocenters. The van der Waals surface area contributed by atoms with Gasteiger partial charge in [-0.25, -0.2) is 0 Å². The lowest BCUT2D eigenvalue weighted by Crippen LogP contribution is -2.35. The predicted molar refractivity (Wildman–Crippen MR) is 321 cm³/mol. The second kappa shape index (κ2) is 27.0. The van der Waals surface area contributed by atoms with Crippen LogP contribution in [0.3, 0.4) is 0 Å². The molecule has 0 fully saturated rings. The maximum atomic E-state index is 2.57. The molecule has 0 saturated carbocycles. The predicted octanol–water partition coefficient (Wildman–Crippen LogP) is 17.6. The van der Waals surface area contributed by atoms with Crippen LogP contribution in [-0.2, 0) is 25.7 Å². The molecule has 0 amide bonds. The highest BCUT2D eigenvalue weighted by Gasteiger charge is 2.23. The van der Waals surface area contributed by atoms with Crippen LogP contribution in [0.2, 0.25) is 0 Å². The number of quaternary nitrogens is 4. The molecule has 0 saturated heterocycles. The minimum Gasteiger partial charge on any atom is -0.331 e. The first kappa shape index (κ1) is 57.3. The molecular weight excluding hydrogens is 969 g/mol. The quantitative estimate of drug-likeness (QED) is 0.0285. The fourth-order valence-electron chi connectivity index (χ4n) is 9.30. The number of hydrogen-bond donors (Lipinski definition) is 0. The third-order valence-corrected chi connectivity index (χ3v) is 20.8. The van der Waals surface area contributed by atoms with Gasteiger partial charge < -0.3 is 17.9 Å². The van der Waals surface area contributed by atoms with E-state index in [0.717, 1.165) is 17.9 Å². The fraction of sp³-hybridized carbons (Fsp3) is 0.600. The Hall–Kier alpha value is -1.96. The van der Waals surface area contributed by atoms with Gasteiger partial charge in [0.05, 0.1) is 121 Å². The number of rotatable bonds is 33. The van der Waals surface area contributed by atoms with Gasteiger partial charge in [-0.15, -0.1) is 68.0 Å². The average molecular weight is 1060 g/mol. The van der Waals surface area contributed by atoms with Gasteiger partial charge >= 0.3 is 0 Å². The van der Waals surface area contributed by atoms with Crippen LogP contribution < -0.4 is 0 Å². The number of nitrogens with zero attached hydrogens (tertiary/aromatic N) is 4. The maximum Gasteiger partial charge on any atom is 0.0780 e. The molecule has 0 radical (unpaired) electrons. The van der Waals surface area contributed by atoms with Crippen molar-refractivity contribution < 1.29 is 17.9 Å². The van der Waals surface area contributed by atoms with Crippen molar-refractivity contribution in [2.24, 2.45) is 0 Å². The molecule has 10 heteroatoms. The van der Waals surface area contributed by atoms with Gasteiger partial charge in [0, 0.05) is 59.9 Å². The van der Waals surface area contributed by atoms with Gasteiger partial charge in [-0.3, -0.25) is 0 Å². The lowest BCUT2D eigenvalue weighted by molar-refractivity contribution is -0.870. The highest BCUT2D eigenvalue weighted by atomic mass is 32.1. The zero-order valence-corrected chi connectivity index (χ0v) is 50.9. The summed E-state index contributed by atoms with van der Waals surface area (Å²) in [4.78, 5) is 17.6. The van der Waals surface area contributed by atoms with Crippen molar-refractivity contribution in [1.29, 1.82) is 0 Å². The first-order valence-corrected chi connectivity index (χ1v) is 31.9. The molecule has 6 heterocycles. The smallest absolute Gasteiger partial charge is 0.0780 e. The minimum absolute atomic E-state index is 1.07. The summed E-state index contributed by atoms with van der Waals surface area (Å²) in [5, 5.41) is 0. The van der Waals surface area contributed by atoms with E-state index in [1.165, 1.54) is 224 Å². The average Bonchev–Trinajstić information content (AvgIpc) is 4.13. The van der Waals surface area contributed by atoms with Crippen molar-refractivity contribution in [2.75, 3.05) is 111 Å². The first-order chi connectivity index (χ1) is 33.2. The molecule has 0 aromatic carbocycles. The number of hydrogen-bond acceptors (Lipinski definition) is 6. The fourth-order valence-corrected chi connectivity index (χ4v) is 16.3. The molecule has 0 unspecified atom stereocenters. The van der Waals surface area contributed by atoms with Crippen molar-refractivity contribution in [3.63, 3.8) is 0 Å². The van der Waals surface area contributed by atoms with E-state index in [0.29, 0.717) is 0 Å². The summed E-state index contributed by atoms with van der Waals surface area (Å²) in [5.41, 5.74) is 2.87. The van der Waals surface area contributed by atoms with E-state index in [1.54, 1.807) is 0 Å². The molecule has 0 aliphatic heterocycles. The zero-order chi connectivity index (χ0) is 50.4. The summed E-state index contributed by atoms with van der Waals surface area (Å²) in [6.07, 6.45) is 25.8. The molecule has 70 heavy (non-hydrogen) atoms. The SMILES string of the molecule is C[N+](C)(C)CCCCCCc1ccc(-c2cc(-c3cc(-c4ccc(CCCCCC[N+](C)(C)C)s4)c(-c4ccc(CCCCCC[N+](C)(C)C)s4)s3)sc2-c2ccc(CCCCCC[N+](C)(C)C)s2)s1. The highest BCUT2D eigenvalue weighted by molar-refractivity contribution is 7.29. The normalized spacial score (nSPS) is 12.8. The van der Waals surface area contributed by atoms with Gasteiger partial charge in [-0.1, -0.05) is 25.7 Å². The van der Waals surface area contributed by atoms with E-state index in [2.05, 4.69) is 145 Å². The van der Waals surface area contributed by atoms with Crippen LogP contribution in [0.15, 0.2) is 60.7 Å². The number of aryl methyl sites for hydroxylation is 4. The zero-order valence-electron chi connectivity index (χ0n) is 46.0. The number of unbranched alkanes of at least 4 members (excludes halogenated alkanes) is 12. The summed E-state index contributed by atoms with van der Waals surface area (Å²) >= 11 is 12.3. The van der Waals surface area contributed by atoms with Gasteiger partial charge in [-0.05, 0) is 163 Å². The molecule has 386 valence electrons. The van der Waals surface area contributed by atoms with Crippen molar-refractivity contribution in [3.8, 4) is 50.1 Å². The van der Waals surface area contributed by atoms with E-state index >= 15 is 0 Å². The Morgan fingerprint density at radius 1 is 0.257 bits per heavy atom. The molecule has 6 aromatic heterocycles. The van der Waals surface area contributed by atoms with Gasteiger partial charge in [-0.2, -0.15) is 0 Å². The van der Waals surface area contributed by atoms with Crippen LogP contribution in [0.4, 0.5) is 0 Å². The molecule has 0 bridgehead atoms. The van der Waals surface area contributed by atoms with E-state index in [-0.39, 0.29) is 0 Å². The first-order valence-electron chi connectivity index (χ1n) is 27.0. The van der Waals surface area contributed by atoms with Gasteiger partial charge in [0.25, 0.3) is 0 Å². The van der Waals surface area contributed by atoms with Crippen molar-refractivity contribution in [3.05, 3.63) is 80.2 Å². The summed E-state index contributed by atoms with van der Waals surface area (Å²) in [5.74, 6) is 0. The van der Waals surface area contributed by atoms with Crippen LogP contribution in [0.1, 0.15) is 122 Å². The summed E-state index contributed by atoms with van der Waals surface area (Å²) < 4.78 is 4.26. The number of thiophene rings is 6. The maximum absolute atomic E-state index is 2.57. The Morgan fingerprint density at radius 3 is 0.771 bits per heavy atom. The monoisotopic (exact) mass is 1060 g/mol. The Morgan fingerprint density at radius 2 is 0.500 bits per heavy atom. The third-order valence-electron chi connectivity index (χ3n) is 13.3. The second-order valence-electron chi connectivity index (χ2n) is 24.5. The van der Waals surface area contributed by atoms with Gasteiger partial charge in [0.15, 0.2) is 0 Å². The Balaban J connectivity index is 1.25. The largest absolute Gasteiger partial charge is 0.331 e. The highest BCUT2D eigenvalue weighted by Crippen LogP contribution is 2.52. The van der Waals surface area contributed by atoms with E-state index in [9.17, 15) is 0 Å². The van der Waals surface area contributed by atoms with Crippen molar-refractivity contribution in [2.45, 2.75) is 128 Å². The summed E-state index contributed by atoms with van der Waals surface area (Å²) in [6, 6.07) is 24.7. The van der Waals surface area contributed by atoms with E-state index in [1.807, 2.05) is 68.0 Å². The molecule has 6 rings (SSSR count). The van der Waals surface area contributed by atoms with Gasteiger partial charge in [0.1, 0.15) is 0 Å². The van der Waals surface area contributed by atoms with Crippen LogP contribution in [0, 0.1) is 0 Å². The molecule has 0 N–H and O–H groups in total. The lowest BCUT2D eigenvalue weighted by Gasteiger charge is -2.23. The second-order valence-corrected chi connectivity index (χ2v) is 31.3. The van der Waals surface area contributed by atoms with Crippen LogP contribution in [0.25, 0.3) is 50.1 Å². The van der Waals surface area contributed by atoms with Crippen LogP contribution in [-0.4, -0.2) is 129 Å². The van der Waals surface area contributed by atoms with Crippen molar-refractivity contribution >= 4 is 68.0 Å². The van der Waals surface area contributed by atoms with Crippen molar-refractivity contribution in [1.82, 2.24) is 0 Å². The Labute approximate surface area is 452 Å². The standard InChI is InChI=1S/C60H94N4S6/c1-61(2,3)41-25-17-13-21-29-47-33-37-53(65-47)51-45-57(69-59(51)55-39-35-49(67-55)31-23-15-19-27-43-63(7,8)9)58-46-52(54-38-34-48(66-54)30-22-14-18-26-42-62(4,5)6)60(70-58)56-40-36-50(68-56)32-24-16-20-28-44-64(10,11)12/h33-40,45-46H,13-32,41-44H2,1-12H3/q+4. The lowest BCUT2D eigenvalue weighted by atomic mass is 10.1. The summed E-state index contributed by atoms with van der Waals surface area (Å²) in [7, 11) is 27.8.